The average Bonchev–Trinajstić information content (AvgIpc) is 3.03. The van der Waals surface area contributed by atoms with Crippen LogP contribution >= 0.6 is 0 Å². The summed E-state index contributed by atoms with van der Waals surface area (Å²) in [6.07, 6.45) is 0. The maximum absolute atomic E-state index is 11.9. The first-order valence-corrected chi connectivity index (χ1v) is 8.84. The van der Waals surface area contributed by atoms with Crippen LogP contribution in [0.5, 0.6) is 0 Å². The van der Waals surface area contributed by atoms with Crippen LogP contribution < -0.4 is 0 Å². The molecule has 1 aromatic heterocycles. The molecule has 0 spiro atoms. The maximum Gasteiger partial charge on any atom is 0.227 e. The third-order valence-corrected chi connectivity index (χ3v) is 5.18. The number of fused-ring (bicyclic) bond motifs is 2. The van der Waals surface area contributed by atoms with Gasteiger partial charge in [0.15, 0.2) is 5.58 Å². The van der Waals surface area contributed by atoms with Crippen LogP contribution in [0.2, 0.25) is 0 Å². The zero-order chi connectivity index (χ0) is 15.8. The summed E-state index contributed by atoms with van der Waals surface area (Å²) in [7, 11) is -0.982. The van der Waals surface area contributed by atoms with E-state index < -0.39 is 10.8 Å². The second-order valence-electron chi connectivity index (χ2n) is 5.34. The third-order valence-electron chi connectivity index (χ3n) is 3.88. The molecule has 0 saturated heterocycles. The average molecular weight is 321 g/mol. The Kier molecular flexibility index (Phi) is 3.46. The Balaban J connectivity index is 1.82. The highest BCUT2D eigenvalue weighted by molar-refractivity contribution is 7.85. The van der Waals surface area contributed by atoms with Gasteiger partial charge < -0.3 is 4.42 Å². The molecule has 0 radical (unpaired) electrons. The van der Waals surface area contributed by atoms with Crippen molar-refractivity contribution in [3.8, 4) is 11.5 Å². The van der Waals surface area contributed by atoms with Crippen molar-refractivity contribution in [1.82, 2.24) is 4.98 Å². The van der Waals surface area contributed by atoms with Gasteiger partial charge in [-0.15, -0.1) is 0 Å². The van der Waals surface area contributed by atoms with E-state index in [2.05, 4.69) is 29.2 Å². The van der Waals surface area contributed by atoms with Gasteiger partial charge in [0.2, 0.25) is 5.89 Å². The predicted octanol–water partition coefficient (Wildman–Crippen LogP) is 4.78. The molecule has 0 aliphatic heterocycles. The Morgan fingerprint density at radius 3 is 2.65 bits per heavy atom. The summed E-state index contributed by atoms with van der Waals surface area (Å²) in [5.74, 6) is 1.19. The molecule has 0 amide bonds. The van der Waals surface area contributed by atoms with Crippen molar-refractivity contribution < 1.29 is 8.63 Å². The van der Waals surface area contributed by atoms with Crippen LogP contribution in [0.4, 0.5) is 0 Å². The fourth-order valence-electron chi connectivity index (χ4n) is 2.66. The first-order chi connectivity index (χ1) is 11.2. The molecule has 4 aromatic rings. The minimum atomic E-state index is -0.982. The highest BCUT2D eigenvalue weighted by Crippen LogP contribution is 2.28. The van der Waals surface area contributed by atoms with E-state index in [0.717, 1.165) is 21.4 Å². The quantitative estimate of drug-likeness (QED) is 0.545. The zero-order valence-corrected chi connectivity index (χ0v) is 13.5. The van der Waals surface area contributed by atoms with Crippen LogP contribution in [0.15, 0.2) is 70.0 Å². The topological polar surface area (TPSA) is 43.1 Å². The summed E-state index contributed by atoms with van der Waals surface area (Å²) in [6.45, 7) is 1.91. The summed E-state index contributed by atoms with van der Waals surface area (Å²) in [5.41, 5.74) is 2.40. The number of rotatable bonds is 3. The van der Waals surface area contributed by atoms with Crippen molar-refractivity contribution in [3.63, 3.8) is 0 Å². The normalized spacial score (nSPS) is 12.7. The van der Waals surface area contributed by atoms with E-state index in [1.54, 1.807) is 0 Å². The zero-order valence-electron chi connectivity index (χ0n) is 12.7. The van der Waals surface area contributed by atoms with Crippen molar-refractivity contribution in [3.05, 3.63) is 60.7 Å². The molecule has 0 fully saturated rings. The molecule has 114 valence electrons. The van der Waals surface area contributed by atoms with Crippen LogP contribution in [-0.2, 0) is 10.8 Å². The Labute approximate surface area is 136 Å². The lowest BCUT2D eigenvalue weighted by Gasteiger charge is -1.99. The lowest BCUT2D eigenvalue weighted by atomic mass is 10.1. The molecule has 0 saturated carbocycles. The van der Waals surface area contributed by atoms with Gasteiger partial charge in [-0.2, -0.15) is 0 Å². The summed E-state index contributed by atoms with van der Waals surface area (Å²) in [6, 6.07) is 19.9. The van der Waals surface area contributed by atoms with Crippen LogP contribution in [-0.4, -0.2) is 14.9 Å². The molecule has 0 bridgehead atoms. The van der Waals surface area contributed by atoms with Gasteiger partial charge in [0.1, 0.15) is 5.52 Å². The smallest absolute Gasteiger partial charge is 0.227 e. The summed E-state index contributed by atoms with van der Waals surface area (Å²) in [4.78, 5) is 5.36. The van der Waals surface area contributed by atoms with Gasteiger partial charge in [-0.1, -0.05) is 37.3 Å². The molecule has 4 rings (SSSR count). The van der Waals surface area contributed by atoms with Gasteiger partial charge in [-0.05, 0) is 41.1 Å². The highest BCUT2D eigenvalue weighted by atomic mass is 32.2. The standard InChI is InChI=1S/C19H15NO2S/c1-2-23(21)16-9-10-18-17(12-16)20-19(22-18)15-8-7-13-5-3-4-6-14(13)11-15/h3-12H,2H2,1H3. The van der Waals surface area contributed by atoms with Crippen molar-refractivity contribution in [2.75, 3.05) is 5.75 Å². The summed E-state index contributed by atoms with van der Waals surface area (Å²) >= 11 is 0. The molecule has 4 heteroatoms. The van der Waals surface area contributed by atoms with E-state index in [1.165, 1.54) is 5.39 Å². The van der Waals surface area contributed by atoms with Crippen molar-refractivity contribution in [2.45, 2.75) is 11.8 Å². The van der Waals surface area contributed by atoms with Crippen molar-refractivity contribution in [1.29, 1.82) is 0 Å². The monoisotopic (exact) mass is 321 g/mol. The molecule has 1 heterocycles. The van der Waals surface area contributed by atoms with Gasteiger partial charge in [-0.3, -0.25) is 4.21 Å². The number of hydrogen-bond donors (Lipinski definition) is 0. The molecular formula is C19H15NO2S. The third kappa shape index (κ3) is 2.55. The van der Waals surface area contributed by atoms with Gasteiger partial charge in [0.05, 0.1) is 10.8 Å². The largest absolute Gasteiger partial charge is 0.436 e. The first kappa shape index (κ1) is 14.2. The molecule has 0 N–H and O–H groups in total. The number of benzene rings is 3. The molecule has 1 unspecified atom stereocenters. The van der Waals surface area contributed by atoms with Crippen LogP contribution in [0.3, 0.4) is 0 Å². The second-order valence-corrected chi connectivity index (χ2v) is 7.08. The van der Waals surface area contributed by atoms with E-state index in [-0.39, 0.29) is 0 Å². The second kappa shape index (κ2) is 5.63. The molecule has 3 aromatic carbocycles. The van der Waals surface area contributed by atoms with E-state index in [1.807, 2.05) is 43.3 Å². The van der Waals surface area contributed by atoms with E-state index in [0.29, 0.717) is 17.2 Å². The van der Waals surface area contributed by atoms with E-state index in [4.69, 9.17) is 4.42 Å². The van der Waals surface area contributed by atoms with Crippen molar-refractivity contribution in [2.24, 2.45) is 0 Å². The highest BCUT2D eigenvalue weighted by Gasteiger charge is 2.11. The van der Waals surface area contributed by atoms with E-state index in [9.17, 15) is 4.21 Å². The van der Waals surface area contributed by atoms with Gasteiger partial charge in [0.25, 0.3) is 0 Å². The molecular weight excluding hydrogens is 306 g/mol. The predicted molar refractivity (Wildman–Crippen MR) is 93.9 cm³/mol. The maximum atomic E-state index is 11.9. The van der Waals surface area contributed by atoms with Crippen LogP contribution in [0, 0.1) is 0 Å². The Morgan fingerprint density at radius 2 is 1.83 bits per heavy atom. The van der Waals surface area contributed by atoms with Gasteiger partial charge >= 0.3 is 0 Å². The minimum absolute atomic E-state index is 0.588. The number of oxazole rings is 1. The first-order valence-electron chi connectivity index (χ1n) is 7.53. The molecule has 0 aliphatic rings. The van der Waals surface area contributed by atoms with Crippen molar-refractivity contribution >= 4 is 32.7 Å². The SMILES string of the molecule is CCS(=O)c1ccc2oc(-c3ccc4ccccc4c3)nc2c1. The fraction of sp³-hybridized carbons (Fsp3) is 0.105. The molecule has 23 heavy (non-hydrogen) atoms. The summed E-state index contributed by atoms with van der Waals surface area (Å²) < 4.78 is 17.8. The molecule has 1 atom stereocenters. The lowest BCUT2D eigenvalue weighted by molar-refractivity contribution is 0.620. The summed E-state index contributed by atoms with van der Waals surface area (Å²) in [5, 5.41) is 2.34. The van der Waals surface area contributed by atoms with E-state index >= 15 is 0 Å². The Bertz CT molecular complexity index is 1040. The molecule has 0 aliphatic carbocycles. The Hall–Kier alpha value is -2.46. The number of hydrogen-bond acceptors (Lipinski definition) is 3. The van der Waals surface area contributed by atoms with Crippen LogP contribution in [0.1, 0.15) is 6.92 Å². The number of aromatic nitrogens is 1. The van der Waals surface area contributed by atoms with Gasteiger partial charge in [-0.25, -0.2) is 4.98 Å². The minimum Gasteiger partial charge on any atom is -0.436 e. The fourth-order valence-corrected chi connectivity index (χ4v) is 3.46. The Morgan fingerprint density at radius 1 is 1.00 bits per heavy atom. The lowest BCUT2D eigenvalue weighted by Crippen LogP contribution is -1.93. The number of nitrogens with zero attached hydrogens (tertiary/aromatic N) is 1. The van der Waals surface area contributed by atoms with Crippen LogP contribution in [0.25, 0.3) is 33.3 Å². The molecule has 3 nitrogen and oxygen atoms in total. The van der Waals surface area contributed by atoms with Gasteiger partial charge in [0, 0.05) is 16.2 Å².